The van der Waals surface area contributed by atoms with Crippen LogP contribution in [0.4, 0.5) is 0 Å². The molecule has 0 aliphatic heterocycles. The van der Waals surface area contributed by atoms with E-state index in [1.807, 2.05) is 6.92 Å². The van der Waals surface area contributed by atoms with Crippen LogP contribution < -0.4 is 0 Å². The molecular formula is C11H28O. The van der Waals surface area contributed by atoms with E-state index in [1.165, 1.54) is 0 Å². The minimum Gasteiger partial charge on any atom is -0.300 e. The minimum absolute atomic E-state index is 0. The Labute approximate surface area is 79.6 Å². The molecule has 0 rings (SSSR count). The van der Waals surface area contributed by atoms with Gasteiger partial charge in [-0.3, -0.25) is 0 Å². The van der Waals surface area contributed by atoms with E-state index < -0.39 is 0 Å². The van der Waals surface area contributed by atoms with E-state index in [1.54, 1.807) is 6.92 Å². The maximum absolute atomic E-state index is 9.81. The van der Waals surface area contributed by atoms with Crippen LogP contribution in [0.15, 0.2) is 0 Å². The van der Waals surface area contributed by atoms with Gasteiger partial charge in [-0.1, -0.05) is 49.5 Å². The average molecular weight is 176 g/mol. The van der Waals surface area contributed by atoms with Crippen molar-refractivity contribution in [2.75, 3.05) is 0 Å². The van der Waals surface area contributed by atoms with Crippen molar-refractivity contribution in [1.29, 1.82) is 0 Å². The van der Waals surface area contributed by atoms with Gasteiger partial charge in [0.1, 0.15) is 5.78 Å². The second kappa shape index (κ2) is 10.7. The van der Waals surface area contributed by atoms with E-state index in [-0.39, 0.29) is 20.6 Å². The first-order valence-electron chi connectivity index (χ1n) is 3.76. The van der Waals surface area contributed by atoms with E-state index >= 15 is 0 Å². The quantitative estimate of drug-likeness (QED) is 0.582. The second-order valence-corrected chi connectivity index (χ2v) is 4.06. The summed E-state index contributed by atoms with van der Waals surface area (Å²) >= 11 is 0. The van der Waals surface area contributed by atoms with E-state index in [9.17, 15) is 4.79 Å². The van der Waals surface area contributed by atoms with Gasteiger partial charge < -0.3 is 4.79 Å². The molecule has 78 valence electrons. The van der Waals surface area contributed by atoms with Crippen molar-refractivity contribution in [2.24, 2.45) is 5.41 Å². The molecule has 0 heterocycles. The van der Waals surface area contributed by atoms with E-state index in [0.717, 1.165) is 0 Å². The fraction of sp³-hybridized carbons (Fsp3) is 0.909. The van der Waals surface area contributed by atoms with Crippen LogP contribution in [0.5, 0.6) is 0 Å². The van der Waals surface area contributed by atoms with Crippen LogP contribution in [0.1, 0.15) is 62.8 Å². The highest BCUT2D eigenvalue weighted by molar-refractivity contribution is 5.74. The first-order chi connectivity index (χ1) is 4.27. The van der Waals surface area contributed by atoms with Gasteiger partial charge in [-0.25, -0.2) is 0 Å². The normalized spacial score (nSPS) is 8.17. The van der Waals surface area contributed by atoms with Gasteiger partial charge in [-0.2, -0.15) is 0 Å². The average Bonchev–Trinajstić information content (AvgIpc) is 1.61. The van der Waals surface area contributed by atoms with Crippen molar-refractivity contribution < 1.29 is 4.79 Å². The largest absolute Gasteiger partial charge is 0.300 e. The summed E-state index contributed by atoms with van der Waals surface area (Å²) in [5.74, 6) is 0.255. The van der Waals surface area contributed by atoms with Crippen LogP contribution in [0.2, 0.25) is 0 Å². The lowest BCUT2D eigenvalue weighted by atomic mass is 10.0. The Bertz CT molecular complexity index is 81.7. The van der Waals surface area contributed by atoms with Crippen molar-refractivity contribution >= 4 is 5.78 Å². The number of carbonyl (C=O) groups excluding carboxylic acids is 1. The number of hydrogen-bond acceptors (Lipinski definition) is 1. The number of carbonyl (C=O) groups is 1. The summed E-state index contributed by atoms with van der Waals surface area (Å²) in [4.78, 5) is 9.81. The third kappa shape index (κ3) is 261. The third-order valence-corrected chi connectivity index (χ3v) is 0.498. The number of ketones is 1. The van der Waals surface area contributed by atoms with Gasteiger partial charge in [0.05, 0.1) is 0 Å². The molecule has 0 aromatic rings. The molecule has 0 radical (unpaired) electrons. The van der Waals surface area contributed by atoms with Gasteiger partial charge in [0.15, 0.2) is 0 Å². The van der Waals surface area contributed by atoms with Gasteiger partial charge in [-0.15, -0.1) is 0 Å². The molecule has 0 saturated heterocycles. The topological polar surface area (TPSA) is 17.1 Å². The molecular weight excluding hydrogens is 148 g/mol. The lowest BCUT2D eigenvalue weighted by Crippen LogP contribution is -1.93. The monoisotopic (exact) mass is 176 g/mol. The lowest BCUT2D eigenvalue weighted by Gasteiger charge is -2.05. The molecule has 12 heavy (non-hydrogen) atoms. The van der Waals surface area contributed by atoms with Crippen molar-refractivity contribution in [2.45, 2.75) is 62.8 Å². The van der Waals surface area contributed by atoms with Crippen LogP contribution in [0, 0.1) is 5.41 Å². The molecule has 0 aromatic heterocycles. The minimum atomic E-state index is 0. The third-order valence-electron chi connectivity index (χ3n) is 0.498. The highest BCUT2D eigenvalue weighted by atomic mass is 16.1. The molecule has 0 N–H and O–H groups in total. The van der Waals surface area contributed by atoms with Crippen LogP contribution in [-0.4, -0.2) is 5.78 Å². The Kier molecular flexibility index (Phi) is 20.1. The SMILES string of the molecule is C.C.CC(C)(C)C.CCC(C)=O. The molecule has 0 saturated carbocycles. The summed E-state index contributed by atoms with van der Waals surface area (Å²) in [6, 6.07) is 0. The zero-order valence-corrected chi connectivity index (χ0v) is 8.12. The Morgan fingerprint density at radius 1 is 1.08 bits per heavy atom. The molecule has 0 spiro atoms. The predicted octanol–water partition coefficient (Wildman–Crippen LogP) is 4.31. The number of rotatable bonds is 1. The fourth-order valence-corrected chi connectivity index (χ4v) is 0. The summed E-state index contributed by atoms with van der Waals surface area (Å²) in [5, 5.41) is 0. The Hall–Kier alpha value is -0.330. The standard InChI is InChI=1S/C5H12.C4H8O.2CH4/c1-5(2,3)4;1-3-4(2)5;;/h1-4H3;3H2,1-2H3;2*1H4. The maximum atomic E-state index is 9.81. The van der Waals surface area contributed by atoms with Crippen molar-refractivity contribution in [3.8, 4) is 0 Å². The summed E-state index contributed by atoms with van der Waals surface area (Å²) in [6.45, 7) is 12.2. The molecule has 1 heteroatoms. The summed E-state index contributed by atoms with van der Waals surface area (Å²) in [6.07, 6.45) is 0.667. The van der Waals surface area contributed by atoms with Gasteiger partial charge >= 0.3 is 0 Å². The zero-order chi connectivity index (χ0) is 8.78. The summed E-state index contributed by atoms with van der Waals surface area (Å²) in [7, 11) is 0. The van der Waals surface area contributed by atoms with Crippen LogP contribution in [0.25, 0.3) is 0 Å². The molecule has 0 aliphatic carbocycles. The van der Waals surface area contributed by atoms with Crippen LogP contribution >= 0.6 is 0 Å². The van der Waals surface area contributed by atoms with Gasteiger partial charge in [0.25, 0.3) is 0 Å². The zero-order valence-electron chi connectivity index (χ0n) is 8.12. The summed E-state index contributed by atoms with van der Waals surface area (Å²) in [5.41, 5.74) is 0.500. The molecule has 0 atom stereocenters. The van der Waals surface area contributed by atoms with Gasteiger partial charge in [-0.05, 0) is 12.3 Å². The Morgan fingerprint density at radius 2 is 1.17 bits per heavy atom. The van der Waals surface area contributed by atoms with Gasteiger partial charge in [0, 0.05) is 6.42 Å². The molecule has 0 amide bonds. The highest BCUT2D eigenvalue weighted by Crippen LogP contribution is 2.07. The van der Waals surface area contributed by atoms with Crippen LogP contribution in [0.3, 0.4) is 0 Å². The lowest BCUT2D eigenvalue weighted by molar-refractivity contribution is -0.116. The fourth-order valence-electron chi connectivity index (χ4n) is 0. The number of Topliss-reactive ketones (excluding diaryl/α,β-unsaturated/α-hetero) is 1. The van der Waals surface area contributed by atoms with E-state index in [4.69, 9.17) is 0 Å². The molecule has 0 fully saturated rings. The first-order valence-corrected chi connectivity index (χ1v) is 3.76. The Morgan fingerprint density at radius 3 is 1.17 bits per heavy atom. The van der Waals surface area contributed by atoms with E-state index in [2.05, 4.69) is 27.7 Å². The molecule has 0 aromatic carbocycles. The smallest absolute Gasteiger partial charge is 0.129 e. The highest BCUT2D eigenvalue weighted by Gasteiger charge is 1.95. The molecule has 1 nitrogen and oxygen atoms in total. The summed E-state index contributed by atoms with van der Waals surface area (Å²) < 4.78 is 0. The predicted molar refractivity (Wildman–Crippen MR) is 59.6 cm³/mol. The van der Waals surface area contributed by atoms with Crippen molar-refractivity contribution in [3.05, 3.63) is 0 Å². The van der Waals surface area contributed by atoms with Crippen LogP contribution in [-0.2, 0) is 4.79 Å². The first kappa shape index (κ1) is 22.6. The molecule has 0 bridgehead atoms. The molecule has 0 unspecified atom stereocenters. The van der Waals surface area contributed by atoms with Gasteiger partial charge in [0.2, 0.25) is 0 Å². The maximum Gasteiger partial charge on any atom is 0.129 e. The van der Waals surface area contributed by atoms with Crippen molar-refractivity contribution in [1.82, 2.24) is 0 Å². The Balaban J connectivity index is -0.0000000457. The number of hydrogen-bond donors (Lipinski definition) is 0. The van der Waals surface area contributed by atoms with Crippen molar-refractivity contribution in [3.63, 3.8) is 0 Å². The molecule has 0 aliphatic rings. The van der Waals surface area contributed by atoms with E-state index in [0.29, 0.717) is 11.8 Å². The second-order valence-electron chi connectivity index (χ2n) is 4.06.